The lowest BCUT2D eigenvalue weighted by Crippen LogP contribution is -2.30. The van der Waals surface area contributed by atoms with Crippen LogP contribution in [0.2, 0.25) is 0 Å². The van der Waals surface area contributed by atoms with Gasteiger partial charge in [-0.1, -0.05) is 11.2 Å². The molecule has 4 heteroatoms. The minimum Gasteiger partial charge on any atom is -0.411 e. The molecule has 0 aliphatic rings. The van der Waals surface area contributed by atoms with Gasteiger partial charge in [0.2, 0.25) is 0 Å². The van der Waals surface area contributed by atoms with Crippen molar-refractivity contribution in [2.45, 2.75) is 19.3 Å². The van der Waals surface area contributed by atoms with Gasteiger partial charge in [0.1, 0.15) is 0 Å². The third kappa shape index (κ3) is 2.22. The Kier molecular flexibility index (Phi) is 3.37. The summed E-state index contributed by atoms with van der Waals surface area (Å²) in [6, 6.07) is 7.53. The second-order valence-corrected chi connectivity index (χ2v) is 4.56. The monoisotopic (exact) mass is 241 g/mol. The van der Waals surface area contributed by atoms with E-state index in [1.165, 1.54) is 0 Å². The quantitative estimate of drug-likeness (QED) is 0.510. The van der Waals surface area contributed by atoms with Gasteiger partial charge in [0, 0.05) is 35.8 Å². The zero-order valence-electron chi connectivity index (χ0n) is 10.4. The largest absolute Gasteiger partial charge is 0.411 e. The van der Waals surface area contributed by atoms with Gasteiger partial charge in [0.15, 0.2) is 0 Å². The highest BCUT2D eigenvalue weighted by atomic mass is 16.4. The van der Waals surface area contributed by atoms with E-state index in [9.17, 15) is 5.21 Å². The van der Waals surface area contributed by atoms with Gasteiger partial charge in [-0.15, -0.1) is 0 Å². The Hall–Kier alpha value is -2.23. The smallest absolute Gasteiger partial charge is 0.0983 e. The van der Waals surface area contributed by atoms with Crippen LogP contribution in [0.5, 0.6) is 0 Å². The van der Waals surface area contributed by atoms with E-state index >= 15 is 0 Å². The lowest BCUT2D eigenvalue weighted by molar-refractivity contribution is 0.314. The molecule has 2 aromatic heterocycles. The number of hydrogen-bond acceptors (Lipinski definition) is 4. The molecule has 0 spiro atoms. The Balaban J connectivity index is 2.46. The van der Waals surface area contributed by atoms with E-state index in [0.29, 0.717) is 5.71 Å². The maximum atomic E-state index is 9.32. The fraction of sp³-hybridized carbons (Fsp3) is 0.214. The third-order valence-electron chi connectivity index (χ3n) is 3.01. The van der Waals surface area contributed by atoms with Crippen molar-refractivity contribution in [3.63, 3.8) is 0 Å². The molecule has 4 nitrogen and oxygen atoms in total. The second kappa shape index (κ2) is 4.96. The molecule has 0 aromatic carbocycles. The number of oxime groups is 1. The van der Waals surface area contributed by atoms with Crippen molar-refractivity contribution in [1.29, 1.82) is 0 Å². The Morgan fingerprint density at radius 1 is 1.11 bits per heavy atom. The molecular formula is C14H15N3O. The van der Waals surface area contributed by atoms with E-state index in [1.54, 1.807) is 24.8 Å². The number of rotatable bonds is 3. The summed E-state index contributed by atoms with van der Waals surface area (Å²) in [4.78, 5) is 8.16. The Morgan fingerprint density at radius 2 is 1.78 bits per heavy atom. The first-order chi connectivity index (χ1) is 8.66. The van der Waals surface area contributed by atoms with Gasteiger partial charge in [0.05, 0.1) is 5.71 Å². The highest BCUT2D eigenvalue weighted by Crippen LogP contribution is 2.27. The maximum Gasteiger partial charge on any atom is 0.0983 e. The standard InChI is InChI=1S/C14H15N3O/c1-14(2,12-6-4-8-16-10-12)13(17-18)11-5-3-7-15-9-11/h3-10,18H,1-2H3/b17-13-. The number of nitrogens with zero attached hydrogens (tertiary/aromatic N) is 3. The van der Waals surface area contributed by atoms with Gasteiger partial charge in [-0.2, -0.15) is 0 Å². The molecule has 0 aliphatic carbocycles. The summed E-state index contributed by atoms with van der Waals surface area (Å²) in [5, 5.41) is 12.8. The van der Waals surface area contributed by atoms with Crippen molar-refractivity contribution in [3.8, 4) is 0 Å². The highest BCUT2D eigenvalue weighted by Gasteiger charge is 2.29. The van der Waals surface area contributed by atoms with Crippen LogP contribution in [-0.4, -0.2) is 20.9 Å². The van der Waals surface area contributed by atoms with Crippen LogP contribution in [0.3, 0.4) is 0 Å². The lowest BCUT2D eigenvalue weighted by Gasteiger charge is -2.25. The summed E-state index contributed by atoms with van der Waals surface area (Å²) in [6.07, 6.45) is 6.88. The SMILES string of the molecule is CC(C)(/C(=N\O)c1cccnc1)c1cccnc1. The molecule has 18 heavy (non-hydrogen) atoms. The molecule has 2 heterocycles. The average Bonchev–Trinajstić information content (AvgIpc) is 2.41. The van der Waals surface area contributed by atoms with E-state index < -0.39 is 5.41 Å². The zero-order chi connectivity index (χ0) is 13.0. The van der Waals surface area contributed by atoms with Crippen LogP contribution in [0.1, 0.15) is 25.0 Å². The topological polar surface area (TPSA) is 58.4 Å². The Morgan fingerprint density at radius 3 is 2.28 bits per heavy atom. The van der Waals surface area contributed by atoms with E-state index in [2.05, 4.69) is 15.1 Å². The van der Waals surface area contributed by atoms with E-state index in [4.69, 9.17) is 0 Å². The van der Waals surface area contributed by atoms with Gasteiger partial charge in [-0.05, 0) is 37.6 Å². The summed E-state index contributed by atoms with van der Waals surface area (Å²) in [7, 11) is 0. The zero-order valence-corrected chi connectivity index (χ0v) is 10.4. The summed E-state index contributed by atoms with van der Waals surface area (Å²) in [5.74, 6) is 0. The van der Waals surface area contributed by atoms with Crippen molar-refractivity contribution in [2.75, 3.05) is 0 Å². The van der Waals surface area contributed by atoms with Crippen LogP contribution in [0.4, 0.5) is 0 Å². The summed E-state index contributed by atoms with van der Waals surface area (Å²) >= 11 is 0. The van der Waals surface area contributed by atoms with E-state index in [0.717, 1.165) is 11.1 Å². The highest BCUT2D eigenvalue weighted by molar-refractivity contribution is 6.07. The molecule has 2 rings (SSSR count). The minimum absolute atomic E-state index is 0.438. The summed E-state index contributed by atoms with van der Waals surface area (Å²) in [5.41, 5.74) is 1.92. The molecule has 2 aromatic rings. The van der Waals surface area contributed by atoms with Crippen LogP contribution < -0.4 is 0 Å². The summed E-state index contributed by atoms with van der Waals surface area (Å²) < 4.78 is 0. The molecule has 0 atom stereocenters. The van der Waals surface area contributed by atoms with Crippen LogP contribution in [0.25, 0.3) is 0 Å². The van der Waals surface area contributed by atoms with Crippen molar-refractivity contribution in [3.05, 3.63) is 60.2 Å². The molecule has 1 N–H and O–H groups in total. The molecule has 0 unspecified atom stereocenters. The molecule has 0 bridgehead atoms. The number of hydrogen-bond donors (Lipinski definition) is 1. The average molecular weight is 241 g/mol. The number of aromatic nitrogens is 2. The molecular weight excluding hydrogens is 226 g/mol. The van der Waals surface area contributed by atoms with Gasteiger partial charge < -0.3 is 5.21 Å². The fourth-order valence-corrected chi connectivity index (χ4v) is 1.92. The first-order valence-corrected chi connectivity index (χ1v) is 5.69. The molecule has 0 radical (unpaired) electrons. The third-order valence-corrected chi connectivity index (χ3v) is 3.01. The lowest BCUT2D eigenvalue weighted by atomic mass is 9.78. The predicted octanol–water partition coefficient (Wildman–Crippen LogP) is 2.63. The van der Waals surface area contributed by atoms with Gasteiger partial charge >= 0.3 is 0 Å². The van der Waals surface area contributed by atoms with Crippen molar-refractivity contribution < 1.29 is 5.21 Å². The first-order valence-electron chi connectivity index (χ1n) is 5.69. The molecule has 0 fully saturated rings. The van der Waals surface area contributed by atoms with E-state index in [1.807, 2.05) is 38.1 Å². The first kappa shape index (κ1) is 12.2. The number of pyridine rings is 2. The Bertz CT molecular complexity index is 535. The maximum absolute atomic E-state index is 9.32. The fourth-order valence-electron chi connectivity index (χ4n) is 1.92. The van der Waals surface area contributed by atoms with Gasteiger partial charge in [-0.3, -0.25) is 9.97 Å². The van der Waals surface area contributed by atoms with Gasteiger partial charge in [-0.25, -0.2) is 0 Å². The molecule has 0 amide bonds. The van der Waals surface area contributed by atoms with Crippen molar-refractivity contribution in [1.82, 2.24) is 9.97 Å². The van der Waals surface area contributed by atoms with Crippen LogP contribution in [0, 0.1) is 0 Å². The van der Waals surface area contributed by atoms with Crippen LogP contribution >= 0.6 is 0 Å². The molecule has 0 saturated heterocycles. The second-order valence-electron chi connectivity index (χ2n) is 4.56. The molecule has 0 saturated carbocycles. The Labute approximate surface area is 106 Å². The molecule has 92 valence electrons. The van der Waals surface area contributed by atoms with Crippen LogP contribution in [-0.2, 0) is 5.41 Å². The van der Waals surface area contributed by atoms with Crippen molar-refractivity contribution in [2.24, 2.45) is 5.16 Å². The van der Waals surface area contributed by atoms with Gasteiger partial charge in [0.25, 0.3) is 0 Å². The normalized spacial score (nSPS) is 12.4. The van der Waals surface area contributed by atoms with E-state index in [-0.39, 0.29) is 0 Å². The minimum atomic E-state index is -0.438. The summed E-state index contributed by atoms with van der Waals surface area (Å²) in [6.45, 7) is 3.98. The van der Waals surface area contributed by atoms with Crippen molar-refractivity contribution >= 4 is 5.71 Å². The molecule has 0 aliphatic heterocycles. The van der Waals surface area contributed by atoms with Crippen LogP contribution in [0.15, 0.2) is 54.2 Å². The predicted molar refractivity (Wildman–Crippen MR) is 69.8 cm³/mol.